The van der Waals surface area contributed by atoms with Crippen molar-refractivity contribution in [2.24, 2.45) is 0 Å². The van der Waals surface area contributed by atoms with E-state index >= 15 is 0 Å². The molecule has 5 atom stereocenters. The maximum atomic E-state index is 7.88. The largest absolute Gasteiger partial charge is 0.0654 e. The first-order chi connectivity index (χ1) is 8.45. The van der Waals surface area contributed by atoms with Crippen molar-refractivity contribution in [3.8, 4) is 0 Å². The van der Waals surface area contributed by atoms with E-state index in [0.29, 0.717) is 12.8 Å². The van der Waals surface area contributed by atoms with E-state index in [9.17, 15) is 0 Å². The van der Waals surface area contributed by atoms with Gasteiger partial charge >= 0.3 is 0 Å². The number of hydrogen-bond donors (Lipinski definition) is 0. The third-order valence-electron chi connectivity index (χ3n) is 1.95. The van der Waals surface area contributed by atoms with Gasteiger partial charge in [0.2, 0.25) is 0 Å². The minimum atomic E-state index is -0.930. The van der Waals surface area contributed by atoms with Gasteiger partial charge in [-0.25, -0.2) is 0 Å². The molecule has 0 aliphatic rings. The van der Waals surface area contributed by atoms with Gasteiger partial charge in [0.05, 0.1) is 0 Å². The fourth-order valence-corrected chi connectivity index (χ4v) is 1.14. The molecule has 0 aliphatic heterocycles. The van der Waals surface area contributed by atoms with Gasteiger partial charge in [-0.2, -0.15) is 0 Å². The summed E-state index contributed by atoms with van der Waals surface area (Å²) >= 11 is 0. The van der Waals surface area contributed by atoms with Crippen LogP contribution in [0.5, 0.6) is 0 Å². The molecule has 0 heteroatoms. The van der Waals surface area contributed by atoms with Crippen LogP contribution in [0.4, 0.5) is 0 Å². The predicted octanol–water partition coefficient (Wildman–Crippen LogP) is 5.32. The van der Waals surface area contributed by atoms with Gasteiger partial charge in [0, 0.05) is 6.85 Å². The Balaban J connectivity index is 4.06. The molecule has 0 aromatic rings. The third-order valence-corrected chi connectivity index (χ3v) is 1.95. The normalized spacial score (nSPS) is 28.3. The zero-order valence-electron chi connectivity index (χ0n) is 14.1. The molecule has 80 valence electrons. The molecule has 5 unspecified atom stereocenters. The lowest BCUT2D eigenvalue weighted by atomic mass is 10.1. The molecule has 0 bridgehead atoms. The second kappa shape index (κ2) is 12.0. The highest BCUT2D eigenvalue weighted by atomic mass is 14.0. The van der Waals surface area contributed by atoms with Gasteiger partial charge in [-0.3, -0.25) is 0 Å². The summed E-state index contributed by atoms with van der Waals surface area (Å²) in [6.45, 7) is 3.96. The standard InChI is InChI=1S/C13H28/c1-3-5-7-9-11-13-12-10-8-6-4-2/h3-13H2,1-2H3/i5D,7D,9D,11D,13D. The summed E-state index contributed by atoms with van der Waals surface area (Å²) in [5, 5.41) is 0. The van der Waals surface area contributed by atoms with Gasteiger partial charge in [0.15, 0.2) is 0 Å². The van der Waals surface area contributed by atoms with Crippen LogP contribution in [-0.4, -0.2) is 0 Å². The van der Waals surface area contributed by atoms with Crippen LogP contribution in [0.3, 0.4) is 0 Å². The van der Waals surface area contributed by atoms with E-state index < -0.39 is 32.0 Å². The smallest absolute Gasteiger partial charge is 0.0267 e. The molecule has 0 aromatic carbocycles. The molecule has 0 spiro atoms. The maximum absolute atomic E-state index is 7.88. The molecular formula is C13H28. The molecule has 0 saturated heterocycles. The van der Waals surface area contributed by atoms with Crippen LogP contribution in [0.25, 0.3) is 0 Å². The Kier molecular flexibility index (Phi) is 5.98. The molecule has 0 saturated carbocycles. The fourth-order valence-electron chi connectivity index (χ4n) is 1.14. The lowest BCUT2D eigenvalue weighted by Gasteiger charge is -2.00. The summed E-state index contributed by atoms with van der Waals surface area (Å²) in [6.07, 6.45) is 1.68. The van der Waals surface area contributed by atoms with Crippen LogP contribution < -0.4 is 0 Å². The summed E-state index contributed by atoms with van der Waals surface area (Å²) in [5.41, 5.74) is 0. The van der Waals surface area contributed by atoms with Crippen molar-refractivity contribution >= 4 is 0 Å². The van der Waals surface area contributed by atoms with E-state index in [1.54, 1.807) is 0 Å². The van der Waals surface area contributed by atoms with E-state index in [-0.39, 0.29) is 0 Å². The first-order valence-electron chi connectivity index (χ1n) is 8.45. The van der Waals surface area contributed by atoms with Gasteiger partial charge in [-0.05, 0) is 0 Å². The van der Waals surface area contributed by atoms with Gasteiger partial charge in [-0.1, -0.05) is 84.4 Å². The molecule has 0 amide bonds. The second-order valence-electron chi connectivity index (χ2n) is 3.31. The predicted molar refractivity (Wildman–Crippen MR) is 62.1 cm³/mol. The highest BCUT2D eigenvalue weighted by Gasteiger charge is 1.90. The van der Waals surface area contributed by atoms with Crippen LogP contribution in [0.2, 0.25) is 0 Å². The van der Waals surface area contributed by atoms with Crippen LogP contribution in [0, 0.1) is 0 Å². The van der Waals surface area contributed by atoms with E-state index in [0.717, 1.165) is 25.7 Å². The quantitative estimate of drug-likeness (QED) is 0.408. The summed E-state index contributed by atoms with van der Waals surface area (Å²) < 4.78 is 39.0. The van der Waals surface area contributed by atoms with Crippen molar-refractivity contribution in [2.75, 3.05) is 0 Å². The van der Waals surface area contributed by atoms with E-state index in [1.807, 2.05) is 6.92 Å². The van der Waals surface area contributed by atoms with Crippen molar-refractivity contribution in [3.05, 3.63) is 0 Å². The Hall–Kier alpha value is 0. The van der Waals surface area contributed by atoms with Crippen LogP contribution in [0.15, 0.2) is 0 Å². The zero-order chi connectivity index (χ0) is 14.1. The van der Waals surface area contributed by atoms with Crippen LogP contribution in [0.1, 0.15) is 91.2 Å². The Bertz CT molecular complexity index is 200. The van der Waals surface area contributed by atoms with Crippen molar-refractivity contribution in [3.63, 3.8) is 0 Å². The number of hydrogen-bond acceptors (Lipinski definition) is 0. The van der Waals surface area contributed by atoms with Crippen LogP contribution >= 0.6 is 0 Å². The van der Waals surface area contributed by atoms with Gasteiger partial charge in [-0.15, -0.1) is 0 Å². The highest BCUT2D eigenvalue weighted by molar-refractivity contribution is 4.46. The third kappa shape index (κ3) is 12.0. The SMILES string of the molecule is [2H]C(CC)C([2H])C([2H])C([2H])C([2H])CCCCCC. The topological polar surface area (TPSA) is 0 Å². The van der Waals surface area contributed by atoms with Crippen molar-refractivity contribution in [1.29, 1.82) is 0 Å². The number of unbranched alkanes of at least 4 members (excludes halogenated alkanes) is 3. The lowest BCUT2D eigenvalue weighted by molar-refractivity contribution is 0.554. The molecule has 0 radical (unpaired) electrons. The van der Waals surface area contributed by atoms with Crippen molar-refractivity contribution < 1.29 is 6.85 Å². The Morgan fingerprint density at radius 1 is 0.615 bits per heavy atom. The van der Waals surface area contributed by atoms with Crippen molar-refractivity contribution in [1.82, 2.24) is 0 Å². The zero-order valence-corrected chi connectivity index (χ0v) is 9.13. The average molecular weight is 189 g/mol. The second-order valence-corrected chi connectivity index (χ2v) is 3.31. The first-order valence-corrected chi connectivity index (χ1v) is 5.56. The van der Waals surface area contributed by atoms with E-state index in [4.69, 9.17) is 6.85 Å². The summed E-state index contributed by atoms with van der Waals surface area (Å²) in [4.78, 5) is 0. The molecule has 0 aromatic heterocycles. The van der Waals surface area contributed by atoms with E-state index in [1.165, 1.54) is 0 Å². The summed E-state index contributed by atoms with van der Waals surface area (Å²) in [6, 6.07) is 0. The summed E-state index contributed by atoms with van der Waals surface area (Å²) in [7, 11) is 0. The van der Waals surface area contributed by atoms with Gasteiger partial charge in [0.25, 0.3) is 0 Å². The molecule has 0 N–H and O–H groups in total. The molecule has 0 rings (SSSR count). The molecule has 0 fully saturated rings. The molecule has 0 nitrogen and oxygen atoms in total. The molecular weight excluding hydrogens is 156 g/mol. The monoisotopic (exact) mass is 189 g/mol. The Morgan fingerprint density at radius 2 is 1.23 bits per heavy atom. The number of rotatable bonds is 10. The summed E-state index contributed by atoms with van der Waals surface area (Å²) in [5.74, 6) is 0. The molecule has 0 aliphatic carbocycles. The van der Waals surface area contributed by atoms with Gasteiger partial charge < -0.3 is 0 Å². The minimum absolute atomic E-state index is 0.537. The first kappa shape index (κ1) is 6.48. The Labute approximate surface area is 92.1 Å². The maximum Gasteiger partial charge on any atom is 0.0267 e. The average Bonchev–Trinajstić information content (AvgIpc) is 2.39. The highest BCUT2D eigenvalue weighted by Crippen LogP contribution is 2.10. The van der Waals surface area contributed by atoms with Gasteiger partial charge in [0.1, 0.15) is 0 Å². The van der Waals surface area contributed by atoms with Crippen LogP contribution in [-0.2, 0) is 0 Å². The fraction of sp³-hybridized carbons (Fsp3) is 1.00. The van der Waals surface area contributed by atoms with E-state index in [2.05, 4.69) is 6.92 Å². The Morgan fingerprint density at radius 3 is 1.92 bits per heavy atom. The molecule has 13 heavy (non-hydrogen) atoms. The lowest BCUT2D eigenvalue weighted by Crippen LogP contribution is -1.80. The van der Waals surface area contributed by atoms with Crippen molar-refractivity contribution in [2.45, 2.75) is 84.4 Å². The minimum Gasteiger partial charge on any atom is -0.0654 e. The molecule has 0 heterocycles.